The fourth-order valence-corrected chi connectivity index (χ4v) is 3.49. The maximum Gasteiger partial charge on any atom is 0.170 e. The fraction of sp³-hybridized carbons (Fsp3) is 0.235. The van der Waals surface area contributed by atoms with E-state index in [1.807, 2.05) is 36.0 Å². The number of rotatable bonds is 6. The Kier molecular flexibility index (Phi) is 7.22. The molecule has 2 rings (SSSR count). The van der Waals surface area contributed by atoms with Gasteiger partial charge in [0.15, 0.2) is 5.11 Å². The van der Waals surface area contributed by atoms with Crippen molar-refractivity contribution in [3.05, 3.63) is 64.1 Å². The average Bonchev–Trinajstić information content (AvgIpc) is 2.48. The molecule has 0 spiro atoms. The van der Waals surface area contributed by atoms with E-state index in [1.165, 1.54) is 11.1 Å². The Labute approximate surface area is 150 Å². The molecule has 0 radical (unpaired) electrons. The summed E-state index contributed by atoms with van der Waals surface area (Å²) in [5.41, 5.74) is 3.75. The summed E-state index contributed by atoms with van der Waals surface area (Å²) in [6.07, 6.45) is 0. The lowest BCUT2D eigenvalue weighted by Gasteiger charge is -2.11. The van der Waals surface area contributed by atoms with E-state index in [0.717, 1.165) is 28.2 Å². The minimum absolute atomic E-state index is 0.662. The second kappa shape index (κ2) is 9.18. The van der Waals surface area contributed by atoms with Crippen molar-refractivity contribution >= 4 is 50.7 Å². The van der Waals surface area contributed by atoms with Crippen LogP contribution < -0.4 is 10.6 Å². The summed E-state index contributed by atoms with van der Waals surface area (Å²) in [4.78, 5) is 0. The van der Waals surface area contributed by atoms with Gasteiger partial charge in [-0.3, -0.25) is 0 Å². The molecule has 116 valence electrons. The quantitative estimate of drug-likeness (QED) is 0.532. The molecule has 0 aliphatic rings. The van der Waals surface area contributed by atoms with Crippen LogP contribution in [0.25, 0.3) is 0 Å². The molecule has 0 aliphatic carbocycles. The van der Waals surface area contributed by atoms with Gasteiger partial charge in [0.25, 0.3) is 0 Å². The number of thioether (sulfide) groups is 1. The highest BCUT2D eigenvalue weighted by Crippen LogP contribution is 2.16. The van der Waals surface area contributed by atoms with Gasteiger partial charge >= 0.3 is 0 Å². The molecule has 0 atom stereocenters. The van der Waals surface area contributed by atoms with Crippen LogP contribution in [0.2, 0.25) is 0 Å². The van der Waals surface area contributed by atoms with Gasteiger partial charge in [-0.25, -0.2) is 0 Å². The molecule has 0 heterocycles. The molecule has 0 saturated carbocycles. The molecule has 22 heavy (non-hydrogen) atoms. The molecule has 0 aliphatic heterocycles. The Balaban J connectivity index is 1.64. The number of hydrogen-bond donors (Lipinski definition) is 2. The highest BCUT2D eigenvalue weighted by molar-refractivity contribution is 9.10. The average molecular weight is 395 g/mol. The lowest BCUT2D eigenvalue weighted by Crippen LogP contribution is -2.30. The molecule has 0 unspecified atom stereocenters. The van der Waals surface area contributed by atoms with Crippen LogP contribution in [0.4, 0.5) is 5.69 Å². The van der Waals surface area contributed by atoms with Gasteiger partial charge < -0.3 is 10.6 Å². The van der Waals surface area contributed by atoms with Crippen molar-refractivity contribution in [3.8, 4) is 0 Å². The first kappa shape index (κ1) is 17.3. The third kappa shape index (κ3) is 5.99. The van der Waals surface area contributed by atoms with Gasteiger partial charge in [0.2, 0.25) is 0 Å². The van der Waals surface area contributed by atoms with Gasteiger partial charge in [-0.05, 0) is 48.5 Å². The predicted octanol–water partition coefficient (Wildman–Crippen LogP) is 4.98. The van der Waals surface area contributed by atoms with E-state index in [9.17, 15) is 0 Å². The van der Waals surface area contributed by atoms with Crippen molar-refractivity contribution in [2.45, 2.75) is 12.7 Å². The monoisotopic (exact) mass is 394 g/mol. The van der Waals surface area contributed by atoms with Gasteiger partial charge in [-0.1, -0.05) is 46.3 Å². The molecule has 0 bridgehead atoms. The van der Waals surface area contributed by atoms with Gasteiger partial charge in [-0.15, -0.1) is 0 Å². The first-order valence-corrected chi connectivity index (χ1v) is 9.43. The van der Waals surface area contributed by atoms with E-state index in [2.05, 4.69) is 57.8 Å². The van der Waals surface area contributed by atoms with Crippen LogP contribution >= 0.6 is 39.9 Å². The van der Waals surface area contributed by atoms with Crippen molar-refractivity contribution in [1.29, 1.82) is 0 Å². The van der Waals surface area contributed by atoms with Gasteiger partial charge in [0, 0.05) is 28.2 Å². The molecular formula is C17H19BrN2S2. The van der Waals surface area contributed by atoms with E-state index in [0.29, 0.717) is 5.11 Å². The van der Waals surface area contributed by atoms with Crippen LogP contribution in [0.15, 0.2) is 53.0 Å². The fourth-order valence-electron chi connectivity index (χ4n) is 1.93. The zero-order valence-electron chi connectivity index (χ0n) is 12.4. The first-order valence-electron chi connectivity index (χ1n) is 7.08. The smallest absolute Gasteiger partial charge is 0.170 e. The van der Waals surface area contributed by atoms with Crippen LogP contribution in [-0.2, 0) is 5.75 Å². The van der Waals surface area contributed by atoms with Crippen LogP contribution in [0, 0.1) is 6.92 Å². The molecule has 2 aromatic rings. The van der Waals surface area contributed by atoms with Crippen LogP contribution in [0.5, 0.6) is 0 Å². The zero-order chi connectivity index (χ0) is 15.8. The minimum Gasteiger partial charge on any atom is -0.362 e. The standard InChI is InChI=1S/C17H19BrN2S2/c1-13-5-2-3-6-14(13)12-22-10-9-19-17(21)20-16-8-4-7-15(18)11-16/h2-8,11H,9-10,12H2,1H3,(H2,19,20,21). The number of halogens is 1. The summed E-state index contributed by atoms with van der Waals surface area (Å²) in [5, 5.41) is 7.08. The second-order valence-corrected chi connectivity index (χ2v) is 7.30. The number of hydrogen-bond acceptors (Lipinski definition) is 2. The summed E-state index contributed by atoms with van der Waals surface area (Å²) in [6, 6.07) is 16.5. The summed E-state index contributed by atoms with van der Waals surface area (Å²) in [6.45, 7) is 3.02. The van der Waals surface area contributed by atoms with Gasteiger partial charge in [0.1, 0.15) is 0 Å². The molecule has 2 N–H and O–H groups in total. The Morgan fingerprint density at radius 1 is 1.18 bits per heavy atom. The lowest BCUT2D eigenvalue weighted by atomic mass is 10.1. The molecule has 2 aromatic carbocycles. The molecule has 5 heteroatoms. The second-order valence-electron chi connectivity index (χ2n) is 4.87. The SMILES string of the molecule is Cc1ccccc1CSCCNC(=S)Nc1cccc(Br)c1. The maximum absolute atomic E-state index is 5.30. The normalized spacial score (nSPS) is 10.3. The van der Waals surface area contributed by atoms with Crippen molar-refractivity contribution in [1.82, 2.24) is 5.32 Å². The summed E-state index contributed by atoms with van der Waals surface area (Å²) in [5.74, 6) is 2.06. The number of aryl methyl sites for hydroxylation is 1. The Bertz CT molecular complexity index is 632. The number of nitrogens with one attached hydrogen (secondary N) is 2. The van der Waals surface area contributed by atoms with E-state index in [1.54, 1.807) is 0 Å². The maximum atomic E-state index is 5.30. The highest BCUT2D eigenvalue weighted by atomic mass is 79.9. The van der Waals surface area contributed by atoms with Crippen LogP contribution in [-0.4, -0.2) is 17.4 Å². The molecule has 0 amide bonds. The van der Waals surface area contributed by atoms with Crippen molar-refractivity contribution in [3.63, 3.8) is 0 Å². The third-order valence-corrected chi connectivity index (χ3v) is 4.88. The van der Waals surface area contributed by atoms with Crippen molar-refractivity contribution in [2.24, 2.45) is 0 Å². The third-order valence-electron chi connectivity index (χ3n) is 3.13. The lowest BCUT2D eigenvalue weighted by molar-refractivity contribution is 0.989. The topological polar surface area (TPSA) is 24.1 Å². The first-order chi connectivity index (χ1) is 10.6. The number of anilines is 1. The summed E-state index contributed by atoms with van der Waals surface area (Å²) in [7, 11) is 0. The molecule has 0 aromatic heterocycles. The van der Waals surface area contributed by atoms with Crippen LogP contribution in [0.3, 0.4) is 0 Å². The zero-order valence-corrected chi connectivity index (χ0v) is 15.7. The summed E-state index contributed by atoms with van der Waals surface area (Å²) >= 11 is 10.7. The predicted molar refractivity (Wildman–Crippen MR) is 106 cm³/mol. The number of benzene rings is 2. The van der Waals surface area contributed by atoms with E-state index >= 15 is 0 Å². The van der Waals surface area contributed by atoms with Crippen LogP contribution in [0.1, 0.15) is 11.1 Å². The largest absolute Gasteiger partial charge is 0.362 e. The molecule has 2 nitrogen and oxygen atoms in total. The number of thiocarbonyl (C=S) groups is 1. The van der Waals surface area contributed by atoms with Gasteiger partial charge in [-0.2, -0.15) is 11.8 Å². The van der Waals surface area contributed by atoms with Gasteiger partial charge in [0.05, 0.1) is 0 Å². The van der Waals surface area contributed by atoms with Crippen molar-refractivity contribution < 1.29 is 0 Å². The molecular weight excluding hydrogens is 376 g/mol. The van der Waals surface area contributed by atoms with E-state index in [4.69, 9.17) is 12.2 Å². The minimum atomic E-state index is 0.662. The van der Waals surface area contributed by atoms with Crippen molar-refractivity contribution in [2.75, 3.05) is 17.6 Å². The Morgan fingerprint density at radius 2 is 2.00 bits per heavy atom. The Hall–Kier alpha value is -1.04. The molecule has 0 saturated heterocycles. The van der Waals surface area contributed by atoms with E-state index in [-0.39, 0.29) is 0 Å². The molecule has 0 fully saturated rings. The van der Waals surface area contributed by atoms with E-state index < -0.39 is 0 Å². The Morgan fingerprint density at radius 3 is 2.77 bits per heavy atom. The summed E-state index contributed by atoms with van der Waals surface area (Å²) < 4.78 is 1.04. The highest BCUT2D eigenvalue weighted by Gasteiger charge is 1.99.